The van der Waals surface area contributed by atoms with Gasteiger partial charge >= 0.3 is 5.63 Å². The molecular formula is C14H9ClN2O4. The van der Waals surface area contributed by atoms with Gasteiger partial charge in [0, 0.05) is 6.07 Å². The van der Waals surface area contributed by atoms with E-state index in [-0.39, 0.29) is 27.7 Å². The summed E-state index contributed by atoms with van der Waals surface area (Å²) >= 11 is 5.97. The number of fused-ring (bicyclic) bond motifs is 1. The molecule has 0 saturated carbocycles. The van der Waals surface area contributed by atoms with Crippen LogP contribution in [0.25, 0.3) is 22.4 Å². The second kappa shape index (κ2) is 5.06. The number of aromatic amines is 1. The zero-order chi connectivity index (χ0) is 15.0. The number of rotatable bonds is 2. The maximum absolute atomic E-state index is 12.1. The fourth-order valence-corrected chi connectivity index (χ4v) is 2.23. The average Bonchev–Trinajstić information content (AvgIpc) is 2.46. The molecule has 3 rings (SSSR count). The first-order valence-electron chi connectivity index (χ1n) is 5.97. The van der Waals surface area contributed by atoms with Gasteiger partial charge in [0.25, 0.3) is 5.56 Å². The van der Waals surface area contributed by atoms with Gasteiger partial charge in [0.1, 0.15) is 5.39 Å². The van der Waals surface area contributed by atoms with Crippen molar-refractivity contribution in [3.63, 3.8) is 0 Å². The summed E-state index contributed by atoms with van der Waals surface area (Å²) in [5.41, 5.74) is -0.159. The molecule has 7 heteroatoms. The molecule has 1 aromatic carbocycles. The zero-order valence-corrected chi connectivity index (χ0v) is 11.6. The minimum absolute atomic E-state index is 0.0443. The minimum atomic E-state index is -0.603. The van der Waals surface area contributed by atoms with Crippen LogP contribution in [0.2, 0.25) is 5.02 Å². The van der Waals surface area contributed by atoms with Gasteiger partial charge in [-0.05, 0) is 18.2 Å². The zero-order valence-electron chi connectivity index (χ0n) is 10.8. The Labute approximate surface area is 123 Å². The van der Waals surface area contributed by atoms with Crippen molar-refractivity contribution >= 4 is 22.5 Å². The summed E-state index contributed by atoms with van der Waals surface area (Å²) in [6, 6.07) is 7.69. The van der Waals surface area contributed by atoms with Crippen LogP contribution >= 0.6 is 11.6 Å². The fourth-order valence-electron chi connectivity index (χ4n) is 1.98. The van der Waals surface area contributed by atoms with Gasteiger partial charge in [-0.2, -0.15) is 0 Å². The first-order chi connectivity index (χ1) is 10.1. The third kappa shape index (κ3) is 2.30. The van der Waals surface area contributed by atoms with Crippen molar-refractivity contribution in [2.75, 3.05) is 7.11 Å². The summed E-state index contributed by atoms with van der Waals surface area (Å²) in [5, 5.41) is 0.486. The molecule has 0 fully saturated rings. The van der Waals surface area contributed by atoms with Crippen molar-refractivity contribution in [2.24, 2.45) is 0 Å². The second-order valence-electron chi connectivity index (χ2n) is 4.21. The lowest BCUT2D eigenvalue weighted by molar-refractivity contribution is 0.395. The Morgan fingerprint density at radius 2 is 2.05 bits per heavy atom. The number of aromatic nitrogens is 2. The van der Waals surface area contributed by atoms with E-state index in [1.54, 1.807) is 18.2 Å². The van der Waals surface area contributed by atoms with Crippen molar-refractivity contribution in [1.82, 2.24) is 9.97 Å². The number of ether oxygens (including phenoxy) is 1. The number of methoxy groups -OCH3 is 1. The van der Waals surface area contributed by atoms with Gasteiger partial charge < -0.3 is 9.15 Å². The Bertz CT molecular complexity index is 946. The van der Waals surface area contributed by atoms with Crippen molar-refractivity contribution in [1.29, 1.82) is 0 Å². The van der Waals surface area contributed by atoms with Crippen LogP contribution in [0.15, 0.2) is 44.3 Å². The van der Waals surface area contributed by atoms with Crippen molar-refractivity contribution in [3.8, 4) is 17.3 Å². The Kier molecular flexibility index (Phi) is 3.23. The lowest BCUT2D eigenvalue weighted by Gasteiger charge is -2.06. The molecule has 0 aliphatic rings. The smallest absolute Gasteiger partial charge is 0.348 e. The summed E-state index contributed by atoms with van der Waals surface area (Å²) in [5.74, 6) is 0.211. The number of halogens is 1. The summed E-state index contributed by atoms with van der Waals surface area (Å²) in [7, 11) is 1.39. The number of hydrogen-bond donors (Lipinski definition) is 1. The molecule has 0 bridgehead atoms. The molecule has 3 aromatic rings. The Balaban J connectivity index is 2.32. The van der Waals surface area contributed by atoms with Gasteiger partial charge in [0.05, 0.1) is 23.2 Å². The summed E-state index contributed by atoms with van der Waals surface area (Å²) < 4.78 is 10.3. The molecule has 0 aliphatic heterocycles. The Hall–Kier alpha value is -2.60. The number of benzene rings is 1. The number of nitrogens with one attached hydrogen (secondary N) is 1. The minimum Gasteiger partial charge on any atom is -0.482 e. The van der Waals surface area contributed by atoms with Crippen LogP contribution in [0, 0.1) is 0 Å². The molecule has 106 valence electrons. The second-order valence-corrected chi connectivity index (χ2v) is 4.62. The highest BCUT2D eigenvalue weighted by atomic mass is 35.5. The van der Waals surface area contributed by atoms with E-state index in [9.17, 15) is 9.59 Å². The molecule has 0 unspecified atom stereocenters. The molecule has 0 radical (unpaired) electrons. The summed E-state index contributed by atoms with van der Waals surface area (Å²) in [6.45, 7) is 0. The molecular weight excluding hydrogens is 296 g/mol. The topological polar surface area (TPSA) is 85.2 Å². The number of H-pyrrole nitrogens is 1. The third-order valence-corrected chi connectivity index (χ3v) is 3.24. The normalized spacial score (nSPS) is 10.8. The first kappa shape index (κ1) is 13.4. The standard InChI is InChI=1S/C14H9ClN2O4/c1-20-12-7(5-6-10(18)17-12)13-16-9-4-2-3-8(15)11(9)14(19)21-13/h2-6H,1H3,(H,17,18). The molecule has 0 atom stereocenters. The monoisotopic (exact) mass is 304 g/mol. The molecule has 1 N–H and O–H groups in total. The van der Waals surface area contributed by atoms with E-state index in [1.807, 2.05) is 0 Å². The van der Waals surface area contributed by atoms with Gasteiger partial charge in [-0.15, -0.1) is 0 Å². The van der Waals surface area contributed by atoms with Crippen LogP contribution in [-0.4, -0.2) is 17.1 Å². The van der Waals surface area contributed by atoms with E-state index in [0.717, 1.165) is 0 Å². The van der Waals surface area contributed by atoms with Gasteiger partial charge in [0.15, 0.2) is 0 Å². The fraction of sp³-hybridized carbons (Fsp3) is 0.0714. The van der Waals surface area contributed by atoms with Crippen LogP contribution in [0.4, 0.5) is 0 Å². The predicted octanol–water partition coefficient (Wildman–Crippen LogP) is 2.21. The van der Waals surface area contributed by atoms with Crippen molar-refractivity contribution in [3.05, 3.63) is 56.1 Å². The van der Waals surface area contributed by atoms with E-state index in [2.05, 4.69) is 9.97 Å². The van der Waals surface area contributed by atoms with Crippen LogP contribution in [-0.2, 0) is 0 Å². The molecule has 2 heterocycles. The maximum Gasteiger partial charge on any atom is 0.348 e. The summed E-state index contributed by atoms with van der Waals surface area (Å²) in [6.07, 6.45) is 0. The molecule has 21 heavy (non-hydrogen) atoms. The molecule has 0 aliphatic carbocycles. The number of pyridine rings is 1. The van der Waals surface area contributed by atoms with Gasteiger partial charge in [-0.3, -0.25) is 9.78 Å². The van der Waals surface area contributed by atoms with E-state index in [4.69, 9.17) is 20.8 Å². The van der Waals surface area contributed by atoms with E-state index < -0.39 is 5.63 Å². The quantitative estimate of drug-likeness (QED) is 0.784. The van der Waals surface area contributed by atoms with Crippen molar-refractivity contribution < 1.29 is 9.15 Å². The molecule has 0 spiro atoms. The maximum atomic E-state index is 12.1. The molecule has 2 aromatic heterocycles. The molecule has 6 nitrogen and oxygen atoms in total. The SMILES string of the molecule is COc1[nH]c(=O)ccc1-c1nc2cccc(Cl)c2c(=O)o1. The van der Waals surface area contributed by atoms with E-state index in [1.165, 1.54) is 19.2 Å². The first-order valence-corrected chi connectivity index (χ1v) is 6.35. The Morgan fingerprint density at radius 1 is 1.24 bits per heavy atom. The van der Waals surface area contributed by atoms with Crippen LogP contribution in [0.3, 0.4) is 0 Å². The van der Waals surface area contributed by atoms with Crippen LogP contribution in [0.1, 0.15) is 0 Å². The Morgan fingerprint density at radius 3 is 2.81 bits per heavy atom. The van der Waals surface area contributed by atoms with E-state index >= 15 is 0 Å². The van der Waals surface area contributed by atoms with Crippen molar-refractivity contribution in [2.45, 2.75) is 0 Å². The lowest BCUT2D eigenvalue weighted by atomic mass is 10.2. The number of nitrogens with zero attached hydrogens (tertiary/aromatic N) is 1. The highest BCUT2D eigenvalue weighted by molar-refractivity contribution is 6.35. The highest BCUT2D eigenvalue weighted by Gasteiger charge is 2.15. The predicted molar refractivity (Wildman–Crippen MR) is 77.9 cm³/mol. The molecule has 0 saturated heterocycles. The van der Waals surface area contributed by atoms with E-state index in [0.29, 0.717) is 11.1 Å². The van der Waals surface area contributed by atoms with Crippen LogP contribution < -0.4 is 15.9 Å². The highest BCUT2D eigenvalue weighted by Crippen LogP contribution is 2.26. The third-order valence-electron chi connectivity index (χ3n) is 2.92. The summed E-state index contributed by atoms with van der Waals surface area (Å²) in [4.78, 5) is 30.1. The number of hydrogen-bond acceptors (Lipinski definition) is 5. The van der Waals surface area contributed by atoms with Gasteiger partial charge in [-0.25, -0.2) is 9.78 Å². The lowest BCUT2D eigenvalue weighted by Crippen LogP contribution is -2.08. The average molecular weight is 305 g/mol. The van der Waals surface area contributed by atoms with Gasteiger partial charge in [0.2, 0.25) is 11.8 Å². The largest absolute Gasteiger partial charge is 0.482 e. The van der Waals surface area contributed by atoms with Gasteiger partial charge in [-0.1, -0.05) is 17.7 Å². The van der Waals surface area contributed by atoms with Crippen LogP contribution in [0.5, 0.6) is 5.88 Å². The molecule has 0 amide bonds.